The topological polar surface area (TPSA) is 87.7 Å². The van der Waals surface area contributed by atoms with E-state index in [0.717, 1.165) is 28.2 Å². The van der Waals surface area contributed by atoms with Crippen LogP contribution in [0, 0.1) is 11.6 Å². The minimum atomic E-state index is -1.09. The second-order valence-electron chi connectivity index (χ2n) is 7.15. The zero-order valence-electron chi connectivity index (χ0n) is 17.2. The van der Waals surface area contributed by atoms with Gasteiger partial charge in [-0.1, -0.05) is 28.1 Å². The molecule has 0 aliphatic rings. The van der Waals surface area contributed by atoms with Crippen molar-refractivity contribution >= 4 is 27.8 Å². The van der Waals surface area contributed by atoms with Crippen LogP contribution in [0.25, 0.3) is 0 Å². The summed E-state index contributed by atoms with van der Waals surface area (Å²) in [5.41, 5.74) is 1.10. The van der Waals surface area contributed by atoms with Crippen molar-refractivity contribution in [3.63, 3.8) is 0 Å². The SMILES string of the molecule is COC(=O)CC(NC[C@@H](O)[C@H](Cc1cc(F)cc(F)c1)NC(C)=O)c1cccc(Br)c1. The van der Waals surface area contributed by atoms with E-state index in [0.29, 0.717) is 5.56 Å². The lowest BCUT2D eigenvalue weighted by Crippen LogP contribution is -2.48. The van der Waals surface area contributed by atoms with Crippen LogP contribution in [0.5, 0.6) is 0 Å². The molecule has 0 bridgehead atoms. The third kappa shape index (κ3) is 8.35. The molecule has 3 atom stereocenters. The lowest BCUT2D eigenvalue weighted by Gasteiger charge is -2.27. The number of aliphatic hydroxyl groups is 1. The number of hydrogen-bond acceptors (Lipinski definition) is 5. The Morgan fingerprint density at radius 2 is 1.84 bits per heavy atom. The summed E-state index contributed by atoms with van der Waals surface area (Å²) in [6.07, 6.45) is -1.04. The van der Waals surface area contributed by atoms with E-state index in [1.54, 1.807) is 0 Å². The predicted molar refractivity (Wildman–Crippen MR) is 115 cm³/mol. The summed E-state index contributed by atoms with van der Waals surface area (Å²) in [5, 5.41) is 16.4. The van der Waals surface area contributed by atoms with Crippen molar-refractivity contribution in [1.82, 2.24) is 10.6 Å². The number of aliphatic hydroxyl groups excluding tert-OH is 1. The molecule has 6 nitrogen and oxygen atoms in total. The molecule has 1 amide bonds. The third-order valence-corrected chi connectivity index (χ3v) is 5.15. The zero-order valence-corrected chi connectivity index (χ0v) is 18.8. The van der Waals surface area contributed by atoms with Gasteiger partial charge in [-0.25, -0.2) is 8.78 Å². The Morgan fingerprint density at radius 1 is 1.16 bits per heavy atom. The van der Waals surface area contributed by atoms with Crippen molar-refractivity contribution < 1.29 is 28.2 Å². The van der Waals surface area contributed by atoms with Gasteiger partial charge in [0, 0.05) is 30.0 Å². The van der Waals surface area contributed by atoms with Gasteiger partial charge in [-0.05, 0) is 41.8 Å². The molecule has 168 valence electrons. The summed E-state index contributed by atoms with van der Waals surface area (Å²) >= 11 is 3.39. The van der Waals surface area contributed by atoms with E-state index in [2.05, 4.69) is 26.6 Å². The molecule has 31 heavy (non-hydrogen) atoms. The van der Waals surface area contributed by atoms with Gasteiger partial charge in [0.15, 0.2) is 0 Å². The molecule has 0 heterocycles. The maximum Gasteiger partial charge on any atom is 0.307 e. The monoisotopic (exact) mass is 498 g/mol. The fraction of sp³-hybridized carbons (Fsp3) is 0.364. The molecule has 2 aromatic rings. The van der Waals surface area contributed by atoms with E-state index in [9.17, 15) is 23.5 Å². The number of nitrogens with one attached hydrogen (secondary N) is 2. The van der Waals surface area contributed by atoms with Crippen molar-refractivity contribution in [3.8, 4) is 0 Å². The molecule has 0 saturated carbocycles. The lowest BCUT2D eigenvalue weighted by molar-refractivity contribution is -0.141. The number of carbonyl (C=O) groups excluding carboxylic acids is 2. The average molecular weight is 499 g/mol. The van der Waals surface area contributed by atoms with Crippen LogP contribution in [0.3, 0.4) is 0 Å². The standard InChI is InChI=1S/C22H25BrF2N2O4/c1-13(28)27-20(8-14-6-17(24)10-18(25)7-14)21(29)12-26-19(11-22(30)31-2)15-4-3-5-16(23)9-15/h3-7,9-10,19-21,26,29H,8,11-12H2,1-2H3,(H,27,28)/t19?,20-,21+/m0/s1. The molecule has 3 N–H and O–H groups in total. The van der Waals surface area contributed by atoms with Gasteiger partial charge in [-0.15, -0.1) is 0 Å². The van der Waals surface area contributed by atoms with Gasteiger partial charge in [0.05, 0.1) is 25.7 Å². The van der Waals surface area contributed by atoms with Gasteiger partial charge in [0.1, 0.15) is 11.6 Å². The quantitative estimate of drug-likeness (QED) is 0.438. The van der Waals surface area contributed by atoms with Crippen LogP contribution < -0.4 is 10.6 Å². The largest absolute Gasteiger partial charge is 0.469 e. The molecule has 2 rings (SSSR count). The zero-order chi connectivity index (χ0) is 23.0. The van der Waals surface area contributed by atoms with E-state index in [4.69, 9.17) is 4.74 Å². The first-order chi connectivity index (χ1) is 14.7. The second-order valence-corrected chi connectivity index (χ2v) is 8.07. The van der Waals surface area contributed by atoms with E-state index < -0.39 is 35.8 Å². The highest BCUT2D eigenvalue weighted by atomic mass is 79.9. The van der Waals surface area contributed by atoms with Crippen molar-refractivity contribution in [2.24, 2.45) is 0 Å². The maximum atomic E-state index is 13.5. The number of benzene rings is 2. The maximum absolute atomic E-state index is 13.5. The summed E-state index contributed by atoms with van der Waals surface area (Å²) in [5.74, 6) is -2.30. The van der Waals surface area contributed by atoms with Crippen molar-refractivity contribution in [2.75, 3.05) is 13.7 Å². The first kappa shape index (κ1) is 24.9. The van der Waals surface area contributed by atoms with E-state index in [-0.39, 0.29) is 25.3 Å². The minimum absolute atomic E-state index is 0.0108. The smallest absolute Gasteiger partial charge is 0.307 e. The molecule has 0 spiro atoms. The number of hydrogen-bond donors (Lipinski definition) is 3. The summed E-state index contributed by atoms with van der Waals surface area (Å²) in [6.45, 7) is 1.30. The van der Waals surface area contributed by atoms with Crippen molar-refractivity contribution in [1.29, 1.82) is 0 Å². The molecule has 1 unspecified atom stereocenters. The molecule has 0 aliphatic carbocycles. The van der Waals surface area contributed by atoms with Gasteiger partial charge in [-0.3, -0.25) is 9.59 Å². The van der Waals surface area contributed by atoms with Gasteiger partial charge in [-0.2, -0.15) is 0 Å². The average Bonchev–Trinajstić information content (AvgIpc) is 2.69. The Balaban J connectivity index is 2.14. The molecule has 0 saturated heterocycles. The number of carbonyl (C=O) groups is 2. The number of ether oxygens (including phenoxy) is 1. The van der Waals surface area contributed by atoms with Gasteiger partial charge < -0.3 is 20.5 Å². The third-order valence-electron chi connectivity index (χ3n) is 4.65. The van der Waals surface area contributed by atoms with E-state index in [1.165, 1.54) is 14.0 Å². The fourth-order valence-corrected chi connectivity index (χ4v) is 3.63. The number of esters is 1. The van der Waals surface area contributed by atoms with Crippen LogP contribution in [0.1, 0.15) is 30.5 Å². The van der Waals surface area contributed by atoms with Gasteiger partial charge in [0.2, 0.25) is 5.91 Å². The van der Waals surface area contributed by atoms with E-state index >= 15 is 0 Å². The number of rotatable bonds is 10. The van der Waals surface area contributed by atoms with Crippen LogP contribution in [0.4, 0.5) is 8.78 Å². The summed E-state index contributed by atoms with van der Waals surface area (Å²) in [6, 6.07) is 9.14. The predicted octanol–water partition coefficient (Wildman–Crippen LogP) is 3.03. The number of halogens is 3. The van der Waals surface area contributed by atoms with Crippen LogP contribution in [0.2, 0.25) is 0 Å². The first-order valence-corrected chi connectivity index (χ1v) is 10.4. The Kier molecular flexibility index (Phi) is 9.54. The summed E-state index contributed by atoms with van der Waals surface area (Å²) in [4.78, 5) is 23.5. The number of methoxy groups -OCH3 is 1. The van der Waals surface area contributed by atoms with Crippen LogP contribution in [-0.4, -0.2) is 42.8 Å². The van der Waals surface area contributed by atoms with Gasteiger partial charge in [0.25, 0.3) is 0 Å². The van der Waals surface area contributed by atoms with E-state index in [1.807, 2.05) is 24.3 Å². The summed E-state index contributed by atoms with van der Waals surface area (Å²) in [7, 11) is 1.29. The molecule has 0 fully saturated rings. The van der Waals surface area contributed by atoms with Crippen LogP contribution in [0.15, 0.2) is 46.9 Å². The number of amides is 1. The first-order valence-electron chi connectivity index (χ1n) is 9.63. The van der Waals surface area contributed by atoms with Crippen molar-refractivity contribution in [2.45, 2.75) is 38.0 Å². The molecular formula is C22H25BrF2N2O4. The minimum Gasteiger partial charge on any atom is -0.469 e. The second kappa shape index (κ2) is 11.9. The molecule has 9 heteroatoms. The molecular weight excluding hydrogens is 474 g/mol. The fourth-order valence-electron chi connectivity index (χ4n) is 3.21. The van der Waals surface area contributed by atoms with Crippen LogP contribution in [-0.2, 0) is 20.7 Å². The normalized spacial score (nSPS) is 13.9. The van der Waals surface area contributed by atoms with Gasteiger partial charge >= 0.3 is 5.97 Å². The molecule has 0 aromatic heterocycles. The Labute approximate surface area is 188 Å². The molecule has 0 radical (unpaired) electrons. The lowest BCUT2D eigenvalue weighted by atomic mass is 9.99. The Morgan fingerprint density at radius 3 is 2.42 bits per heavy atom. The Hall–Kier alpha value is -2.36. The summed E-state index contributed by atoms with van der Waals surface area (Å²) < 4.78 is 32.6. The molecule has 0 aliphatic heterocycles. The highest BCUT2D eigenvalue weighted by Crippen LogP contribution is 2.22. The Bertz CT molecular complexity index is 893. The highest BCUT2D eigenvalue weighted by Gasteiger charge is 2.24. The highest BCUT2D eigenvalue weighted by molar-refractivity contribution is 9.10. The molecule has 2 aromatic carbocycles. The van der Waals surface area contributed by atoms with Crippen molar-refractivity contribution in [3.05, 3.63) is 69.7 Å². The van der Waals surface area contributed by atoms with Crippen LogP contribution >= 0.6 is 15.9 Å².